The second-order valence-electron chi connectivity index (χ2n) is 4.66. The van der Waals surface area contributed by atoms with Crippen molar-refractivity contribution >= 4 is 39.1 Å². The van der Waals surface area contributed by atoms with E-state index in [2.05, 4.69) is 31.3 Å². The molecule has 3 rings (SSSR count). The summed E-state index contributed by atoms with van der Waals surface area (Å²) in [5, 5.41) is 14.7. The summed E-state index contributed by atoms with van der Waals surface area (Å²) < 4.78 is 17.0. The molecule has 2 N–H and O–H groups in total. The average Bonchev–Trinajstić information content (AvgIpc) is 2.89. The Hall–Kier alpha value is -2.19. The average molecular weight is 400 g/mol. The van der Waals surface area contributed by atoms with Gasteiger partial charge < -0.3 is 10.4 Å². The molecule has 0 saturated carbocycles. The van der Waals surface area contributed by atoms with Gasteiger partial charge in [-0.05, 0) is 33.6 Å². The molecule has 1 aromatic carbocycles. The zero-order valence-corrected chi connectivity index (χ0v) is 13.8. The molecule has 0 atom stereocenters. The third-order valence-corrected chi connectivity index (χ3v) is 4.06. The first-order valence-corrected chi connectivity index (χ1v) is 7.57. The lowest BCUT2D eigenvalue weighted by Gasteiger charge is -2.10. The highest BCUT2D eigenvalue weighted by atomic mass is 79.9. The van der Waals surface area contributed by atoms with Crippen LogP contribution in [0.25, 0.3) is 16.8 Å². The molecule has 3 aromatic rings. The molecule has 0 saturated heterocycles. The smallest absolute Gasteiger partial charge is 0.404 e. The first-order chi connectivity index (χ1) is 11.0. The minimum atomic E-state index is -1.21. The maximum absolute atomic E-state index is 14.6. The van der Waals surface area contributed by atoms with Crippen molar-refractivity contribution in [2.45, 2.75) is 6.54 Å². The number of amides is 1. The first kappa shape index (κ1) is 15.7. The molecular weight excluding hydrogens is 391 g/mol. The van der Waals surface area contributed by atoms with E-state index in [-0.39, 0.29) is 17.1 Å². The second-order valence-corrected chi connectivity index (χ2v) is 5.95. The highest BCUT2D eigenvalue weighted by Crippen LogP contribution is 2.32. The van der Waals surface area contributed by atoms with E-state index in [9.17, 15) is 9.18 Å². The van der Waals surface area contributed by atoms with Gasteiger partial charge in [0.15, 0.2) is 5.82 Å². The Labute approximate surface area is 143 Å². The van der Waals surface area contributed by atoms with Gasteiger partial charge >= 0.3 is 6.09 Å². The fourth-order valence-electron chi connectivity index (χ4n) is 2.19. The third-order valence-electron chi connectivity index (χ3n) is 3.22. The van der Waals surface area contributed by atoms with E-state index in [0.717, 1.165) is 4.47 Å². The summed E-state index contributed by atoms with van der Waals surface area (Å²) in [5.41, 5.74) is 1.57. The van der Waals surface area contributed by atoms with Crippen LogP contribution in [0.3, 0.4) is 0 Å². The number of nitrogens with zero attached hydrogens (tertiary/aromatic N) is 3. The van der Waals surface area contributed by atoms with E-state index in [1.807, 2.05) is 0 Å². The Morgan fingerprint density at radius 3 is 3.00 bits per heavy atom. The van der Waals surface area contributed by atoms with Gasteiger partial charge in [-0.3, -0.25) is 0 Å². The van der Waals surface area contributed by atoms with Crippen LogP contribution in [0, 0.1) is 5.82 Å². The van der Waals surface area contributed by atoms with Crippen LogP contribution in [-0.2, 0) is 6.54 Å². The number of rotatable bonds is 3. The number of aromatic nitrogens is 3. The Kier molecular flexibility index (Phi) is 4.18. The normalized spacial score (nSPS) is 10.9. The summed E-state index contributed by atoms with van der Waals surface area (Å²) in [6.45, 7) is -0.0821. The van der Waals surface area contributed by atoms with Gasteiger partial charge in [0.2, 0.25) is 0 Å². The van der Waals surface area contributed by atoms with Crippen LogP contribution in [0.1, 0.15) is 5.56 Å². The number of benzene rings is 1. The largest absolute Gasteiger partial charge is 0.465 e. The van der Waals surface area contributed by atoms with Crippen LogP contribution in [0.5, 0.6) is 0 Å². The number of carbonyl (C=O) groups is 1. The van der Waals surface area contributed by atoms with Crippen molar-refractivity contribution in [3.63, 3.8) is 0 Å². The lowest BCUT2D eigenvalue weighted by Crippen LogP contribution is -2.20. The summed E-state index contributed by atoms with van der Waals surface area (Å²) in [5.74, 6) is -0.658. The molecule has 0 spiro atoms. The monoisotopic (exact) mass is 398 g/mol. The highest BCUT2D eigenvalue weighted by molar-refractivity contribution is 9.10. The maximum Gasteiger partial charge on any atom is 0.404 e. The molecule has 0 radical (unpaired) electrons. The van der Waals surface area contributed by atoms with Gasteiger partial charge in [0.25, 0.3) is 0 Å². The van der Waals surface area contributed by atoms with Crippen LogP contribution in [0.4, 0.5) is 9.18 Å². The highest BCUT2D eigenvalue weighted by Gasteiger charge is 2.17. The topological polar surface area (TPSA) is 79.5 Å². The van der Waals surface area contributed by atoms with Gasteiger partial charge in [0.05, 0.1) is 10.5 Å². The van der Waals surface area contributed by atoms with Gasteiger partial charge in [0.1, 0.15) is 12.0 Å². The van der Waals surface area contributed by atoms with Crippen LogP contribution >= 0.6 is 27.5 Å². The molecule has 2 aromatic heterocycles. The van der Waals surface area contributed by atoms with E-state index in [1.54, 1.807) is 22.8 Å². The Morgan fingerprint density at radius 2 is 2.26 bits per heavy atom. The number of halogens is 3. The van der Waals surface area contributed by atoms with Crippen molar-refractivity contribution in [3.05, 3.63) is 51.6 Å². The quantitative estimate of drug-likeness (QED) is 0.703. The van der Waals surface area contributed by atoms with Crippen molar-refractivity contribution in [1.82, 2.24) is 19.9 Å². The van der Waals surface area contributed by atoms with Crippen LogP contribution in [0.15, 0.2) is 35.2 Å². The van der Waals surface area contributed by atoms with Gasteiger partial charge in [0, 0.05) is 22.8 Å². The molecule has 0 bridgehead atoms. The molecule has 9 heteroatoms. The summed E-state index contributed by atoms with van der Waals surface area (Å²) in [4.78, 5) is 14.7. The molecule has 0 aliphatic heterocycles. The zero-order chi connectivity index (χ0) is 16.6. The number of nitrogens with one attached hydrogen (secondary N) is 1. The van der Waals surface area contributed by atoms with Crippen molar-refractivity contribution in [1.29, 1.82) is 0 Å². The standard InChI is InChI=1S/C14H9BrClFN4O2/c15-8-3-10-13(19-6-20-21(10)5-8)9-2-1-7(4-18-14(22)23)11(16)12(9)17/h1-3,5-6,18H,4H2,(H,22,23). The van der Waals surface area contributed by atoms with E-state index >= 15 is 0 Å². The molecule has 1 amide bonds. The molecule has 118 valence electrons. The van der Waals surface area contributed by atoms with Gasteiger partial charge in [-0.2, -0.15) is 5.10 Å². The predicted octanol–water partition coefficient (Wildman–Crippen LogP) is 3.72. The minimum Gasteiger partial charge on any atom is -0.465 e. The van der Waals surface area contributed by atoms with Gasteiger partial charge in [-0.1, -0.05) is 17.7 Å². The number of hydrogen-bond acceptors (Lipinski definition) is 3. The van der Waals surface area contributed by atoms with E-state index in [0.29, 0.717) is 16.8 Å². The van der Waals surface area contributed by atoms with E-state index in [1.165, 1.54) is 12.4 Å². The van der Waals surface area contributed by atoms with Crippen LogP contribution in [0.2, 0.25) is 5.02 Å². The fraction of sp³-hybridized carbons (Fsp3) is 0.0714. The Bertz CT molecular complexity index is 915. The van der Waals surface area contributed by atoms with Crippen LogP contribution in [-0.4, -0.2) is 25.8 Å². The van der Waals surface area contributed by atoms with Crippen molar-refractivity contribution < 1.29 is 14.3 Å². The summed E-state index contributed by atoms with van der Waals surface area (Å²) in [7, 11) is 0. The van der Waals surface area contributed by atoms with Crippen molar-refractivity contribution in [2.24, 2.45) is 0 Å². The lowest BCUT2D eigenvalue weighted by molar-refractivity contribution is 0.194. The fourth-order valence-corrected chi connectivity index (χ4v) is 2.83. The summed E-state index contributed by atoms with van der Waals surface area (Å²) in [6.07, 6.45) is 1.84. The molecule has 0 fully saturated rings. The lowest BCUT2D eigenvalue weighted by atomic mass is 10.1. The first-order valence-electron chi connectivity index (χ1n) is 6.40. The molecule has 0 unspecified atom stereocenters. The van der Waals surface area contributed by atoms with Crippen molar-refractivity contribution in [3.8, 4) is 11.3 Å². The summed E-state index contributed by atoms with van der Waals surface area (Å²) >= 11 is 9.36. The minimum absolute atomic E-state index is 0.0821. The zero-order valence-electron chi connectivity index (χ0n) is 11.4. The molecule has 2 heterocycles. The molecule has 0 aliphatic carbocycles. The Balaban J connectivity index is 2.09. The molecule has 0 aliphatic rings. The SMILES string of the molecule is O=C(O)NCc1ccc(-c2ncnn3cc(Br)cc23)c(F)c1Cl. The van der Waals surface area contributed by atoms with Gasteiger partial charge in [-0.25, -0.2) is 18.7 Å². The van der Waals surface area contributed by atoms with Crippen molar-refractivity contribution in [2.75, 3.05) is 0 Å². The number of carboxylic acid groups (broad SMARTS) is 1. The maximum atomic E-state index is 14.6. The number of fused-ring (bicyclic) bond motifs is 1. The Morgan fingerprint density at radius 1 is 1.48 bits per heavy atom. The van der Waals surface area contributed by atoms with Gasteiger partial charge in [-0.15, -0.1) is 0 Å². The predicted molar refractivity (Wildman–Crippen MR) is 86.0 cm³/mol. The third kappa shape index (κ3) is 2.99. The van der Waals surface area contributed by atoms with E-state index < -0.39 is 11.9 Å². The summed E-state index contributed by atoms with van der Waals surface area (Å²) in [6, 6.07) is 4.85. The molecular formula is C14H9BrClFN4O2. The molecule has 6 nitrogen and oxygen atoms in total. The van der Waals surface area contributed by atoms with Crippen LogP contribution < -0.4 is 5.32 Å². The number of hydrogen-bond donors (Lipinski definition) is 2. The molecule has 23 heavy (non-hydrogen) atoms. The second kappa shape index (κ2) is 6.13. The van der Waals surface area contributed by atoms with E-state index in [4.69, 9.17) is 16.7 Å².